The van der Waals surface area contributed by atoms with Gasteiger partial charge in [0.1, 0.15) is 0 Å². The Kier molecular flexibility index (Phi) is 3.99. The average Bonchev–Trinajstić information content (AvgIpc) is 2.76. The molecule has 0 N–H and O–H groups in total. The Morgan fingerprint density at radius 2 is 1.77 bits per heavy atom. The van der Waals surface area contributed by atoms with Gasteiger partial charge in [-0.15, -0.1) is 0 Å². The number of carbonyl (C=O) groups is 1. The lowest BCUT2D eigenvalue weighted by Crippen LogP contribution is -2.62. The largest absolute Gasteiger partial charge is 0.306 e. The van der Waals surface area contributed by atoms with Crippen LogP contribution in [0.3, 0.4) is 0 Å². The molecule has 6 heteroatoms. The van der Waals surface area contributed by atoms with Crippen molar-refractivity contribution in [1.82, 2.24) is 4.90 Å². The van der Waals surface area contributed by atoms with Crippen LogP contribution in [-0.2, 0) is 14.6 Å². The van der Waals surface area contributed by atoms with Crippen molar-refractivity contribution in [3.63, 3.8) is 0 Å². The number of fused-ring (bicyclic) bond motifs is 1. The number of anilines is 1. The van der Waals surface area contributed by atoms with Gasteiger partial charge in [-0.3, -0.25) is 9.69 Å². The minimum Gasteiger partial charge on any atom is -0.306 e. The molecular weight excluding hydrogens is 300 g/mol. The van der Waals surface area contributed by atoms with E-state index < -0.39 is 9.84 Å². The highest BCUT2D eigenvalue weighted by Crippen LogP contribution is 2.31. The van der Waals surface area contributed by atoms with Crippen molar-refractivity contribution in [2.45, 2.75) is 32.4 Å². The molecule has 2 heterocycles. The van der Waals surface area contributed by atoms with Gasteiger partial charge in [0, 0.05) is 11.7 Å². The number of nitrogens with zero attached hydrogens (tertiary/aromatic N) is 2. The lowest BCUT2D eigenvalue weighted by Gasteiger charge is -2.43. The third-order valence-corrected chi connectivity index (χ3v) is 6.22. The molecule has 0 radical (unpaired) electrons. The van der Waals surface area contributed by atoms with Gasteiger partial charge >= 0.3 is 0 Å². The normalized spacial score (nSPS) is 27.9. The number of amides is 1. The fraction of sp³-hybridized carbons (Fsp3) is 0.562. The van der Waals surface area contributed by atoms with Gasteiger partial charge in [0.05, 0.1) is 24.1 Å². The predicted molar refractivity (Wildman–Crippen MR) is 86.8 cm³/mol. The van der Waals surface area contributed by atoms with Crippen LogP contribution in [0.2, 0.25) is 0 Å². The smallest absolute Gasteiger partial charge is 0.241 e. The number of hydrogen-bond donors (Lipinski definition) is 0. The molecule has 120 valence electrons. The number of piperazine rings is 1. The molecule has 1 amide bonds. The van der Waals surface area contributed by atoms with Gasteiger partial charge in [-0.05, 0) is 32.0 Å². The number of rotatable bonds is 3. The van der Waals surface area contributed by atoms with E-state index >= 15 is 0 Å². The van der Waals surface area contributed by atoms with Crippen LogP contribution in [0.5, 0.6) is 0 Å². The summed E-state index contributed by atoms with van der Waals surface area (Å²) < 4.78 is 24.2. The van der Waals surface area contributed by atoms with Gasteiger partial charge in [0.2, 0.25) is 5.91 Å². The number of carbonyl (C=O) groups excluding carboxylic acids is 1. The van der Waals surface area contributed by atoms with E-state index in [0.717, 1.165) is 24.2 Å². The van der Waals surface area contributed by atoms with E-state index in [2.05, 4.69) is 6.92 Å². The maximum absolute atomic E-state index is 12.6. The van der Waals surface area contributed by atoms with Crippen molar-refractivity contribution in [1.29, 1.82) is 0 Å². The van der Waals surface area contributed by atoms with E-state index in [0.29, 0.717) is 6.54 Å². The Morgan fingerprint density at radius 1 is 1.14 bits per heavy atom. The summed E-state index contributed by atoms with van der Waals surface area (Å²) in [7, 11) is -3.09. The summed E-state index contributed by atoms with van der Waals surface area (Å²) in [6.07, 6.45) is 0.918. The van der Waals surface area contributed by atoms with Crippen LogP contribution >= 0.6 is 0 Å². The summed E-state index contributed by atoms with van der Waals surface area (Å²) >= 11 is 0. The highest BCUT2D eigenvalue weighted by atomic mass is 32.2. The first kappa shape index (κ1) is 15.5. The highest BCUT2D eigenvalue weighted by molar-refractivity contribution is 7.91. The summed E-state index contributed by atoms with van der Waals surface area (Å²) in [6.45, 7) is 5.12. The van der Waals surface area contributed by atoms with E-state index in [4.69, 9.17) is 0 Å². The molecule has 2 atom stereocenters. The molecule has 2 aliphatic rings. The second-order valence-electron chi connectivity index (χ2n) is 6.28. The summed E-state index contributed by atoms with van der Waals surface area (Å²) in [4.78, 5) is 16.4. The topological polar surface area (TPSA) is 57.7 Å². The Balaban J connectivity index is 1.97. The Morgan fingerprint density at radius 3 is 2.41 bits per heavy atom. The molecule has 2 saturated heterocycles. The molecule has 2 fully saturated rings. The molecule has 1 aromatic rings. The second kappa shape index (κ2) is 5.66. The van der Waals surface area contributed by atoms with Crippen LogP contribution in [0, 0.1) is 6.92 Å². The van der Waals surface area contributed by atoms with E-state index in [1.165, 1.54) is 0 Å². The van der Waals surface area contributed by atoms with Crippen LogP contribution in [0.1, 0.15) is 18.9 Å². The maximum atomic E-state index is 12.6. The van der Waals surface area contributed by atoms with Crippen molar-refractivity contribution in [3.8, 4) is 0 Å². The summed E-state index contributed by atoms with van der Waals surface area (Å²) in [5, 5.41) is 0. The van der Waals surface area contributed by atoms with Crippen LogP contribution in [0.25, 0.3) is 0 Å². The van der Waals surface area contributed by atoms with Crippen LogP contribution in [0.4, 0.5) is 5.69 Å². The zero-order valence-electron chi connectivity index (χ0n) is 13.0. The van der Waals surface area contributed by atoms with Crippen LogP contribution < -0.4 is 4.90 Å². The molecule has 0 spiro atoms. The van der Waals surface area contributed by atoms with Gasteiger partial charge < -0.3 is 4.90 Å². The van der Waals surface area contributed by atoms with Gasteiger partial charge in [0.25, 0.3) is 0 Å². The van der Waals surface area contributed by atoms with E-state index in [9.17, 15) is 13.2 Å². The number of aryl methyl sites for hydroxylation is 1. The van der Waals surface area contributed by atoms with Gasteiger partial charge in [-0.25, -0.2) is 8.42 Å². The maximum Gasteiger partial charge on any atom is 0.241 e. The van der Waals surface area contributed by atoms with Crippen molar-refractivity contribution >= 4 is 21.4 Å². The minimum absolute atomic E-state index is 0.00402. The van der Waals surface area contributed by atoms with Crippen LogP contribution in [-0.4, -0.2) is 55.9 Å². The standard InChI is InChI=1S/C16H22N2O3S/c1-3-8-17-9-16(19)18(13-6-4-12(2)5-7-13)15-11-22(20,21)10-14(15)17/h4-7,14-15H,3,8-11H2,1-2H3. The zero-order chi connectivity index (χ0) is 15.9. The first-order chi connectivity index (χ1) is 10.4. The van der Waals surface area contributed by atoms with E-state index in [1.807, 2.05) is 36.1 Å². The molecule has 22 heavy (non-hydrogen) atoms. The number of benzene rings is 1. The van der Waals surface area contributed by atoms with Crippen molar-refractivity contribution in [2.24, 2.45) is 0 Å². The molecule has 5 nitrogen and oxygen atoms in total. The second-order valence-corrected chi connectivity index (χ2v) is 8.44. The third kappa shape index (κ3) is 2.77. The summed E-state index contributed by atoms with van der Waals surface area (Å²) in [5.74, 6) is 0.223. The molecule has 0 aromatic heterocycles. The van der Waals surface area contributed by atoms with Crippen molar-refractivity contribution < 1.29 is 13.2 Å². The molecular formula is C16H22N2O3S. The SMILES string of the molecule is CCCN1CC(=O)N(c2ccc(C)cc2)C2CS(=O)(=O)CC21. The number of sulfone groups is 1. The fourth-order valence-corrected chi connectivity index (χ4v) is 5.51. The lowest BCUT2D eigenvalue weighted by atomic mass is 10.0. The Bertz CT molecular complexity index is 669. The molecule has 3 rings (SSSR count). The van der Waals surface area contributed by atoms with Gasteiger partial charge in [-0.2, -0.15) is 0 Å². The third-order valence-electron chi connectivity index (χ3n) is 4.52. The molecule has 2 aliphatic heterocycles. The van der Waals surface area contributed by atoms with Crippen molar-refractivity contribution in [2.75, 3.05) is 29.5 Å². The predicted octanol–water partition coefficient (Wildman–Crippen LogP) is 1.22. The highest BCUT2D eigenvalue weighted by Gasteiger charge is 2.49. The van der Waals surface area contributed by atoms with Gasteiger partial charge in [-0.1, -0.05) is 24.6 Å². The first-order valence-electron chi connectivity index (χ1n) is 7.74. The average molecular weight is 322 g/mol. The zero-order valence-corrected chi connectivity index (χ0v) is 13.8. The summed E-state index contributed by atoms with van der Waals surface area (Å²) in [5.41, 5.74) is 1.93. The Hall–Kier alpha value is -1.40. The molecule has 1 aromatic carbocycles. The van der Waals surface area contributed by atoms with Gasteiger partial charge in [0.15, 0.2) is 9.84 Å². The minimum atomic E-state index is -3.09. The monoisotopic (exact) mass is 322 g/mol. The fourth-order valence-electron chi connectivity index (χ4n) is 3.53. The van der Waals surface area contributed by atoms with Crippen molar-refractivity contribution in [3.05, 3.63) is 29.8 Å². The van der Waals surface area contributed by atoms with E-state index in [-0.39, 0.29) is 29.5 Å². The quantitative estimate of drug-likeness (QED) is 0.839. The van der Waals surface area contributed by atoms with Crippen LogP contribution in [0.15, 0.2) is 24.3 Å². The first-order valence-corrected chi connectivity index (χ1v) is 9.56. The lowest BCUT2D eigenvalue weighted by molar-refractivity contribution is -0.123. The molecule has 0 saturated carbocycles. The molecule has 0 aliphatic carbocycles. The Labute approximate surface area is 131 Å². The number of hydrogen-bond acceptors (Lipinski definition) is 4. The van der Waals surface area contributed by atoms with E-state index in [1.54, 1.807) is 4.90 Å². The molecule has 2 unspecified atom stereocenters. The summed E-state index contributed by atoms with van der Waals surface area (Å²) in [6, 6.07) is 7.39. The molecule has 0 bridgehead atoms.